The van der Waals surface area contributed by atoms with Crippen molar-refractivity contribution in [3.05, 3.63) is 42.5 Å². The largest absolute Gasteiger partial charge is 0.497 e. The van der Waals surface area contributed by atoms with Crippen LogP contribution in [-0.2, 0) is 4.74 Å². The highest BCUT2D eigenvalue weighted by Gasteiger charge is 2.23. The van der Waals surface area contributed by atoms with Gasteiger partial charge in [-0.2, -0.15) is 0 Å². The van der Waals surface area contributed by atoms with Crippen LogP contribution in [0.25, 0.3) is 0 Å². The Morgan fingerprint density at radius 2 is 2.03 bits per heavy atom. The molecule has 0 amide bonds. The fourth-order valence-corrected chi connectivity index (χ4v) is 3.37. The molecule has 1 N–H and O–H groups in total. The van der Waals surface area contributed by atoms with Crippen LogP contribution in [0.15, 0.2) is 41.9 Å². The summed E-state index contributed by atoms with van der Waals surface area (Å²) in [6.45, 7) is 11.8. The van der Waals surface area contributed by atoms with Gasteiger partial charge in [0.2, 0.25) is 0 Å². The molecule has 1 aromatic carbocycles. The maximum atomic E-state index is 5.55. The van der Waals surface area contributed by atoms with E-state index in [9.17, 15) is 0 Å². The molecule has 1 saturated heterocycles. The molecule has 2 rings (SSSR count). The van der Waals surface area contributed by atoms with Gasteiger partial charge in [-0.25, -0.2) is 0 Å². The van der Waals surface area contributed by atoms with Crippen LogP contribution in [0.3, 0.4) is 0 Å². The molecule has 0 radical (unpaired) electrons. The second-order valence-corrected chi connectivity index (χ2v) is 6.98. The number of aliphatic imine (C=N–C) groups is 1. The molecule has 0 bridgehead atoms. The number of hydrogen-bond donors (Lipinski definition) is 1. The zero-order chi connectivity index (χ0) is 20.2. The highest BCUT2D eigenvalue weighted by Crippen LogP contribution is 2.24. The molecule has 29 heavy (non-hydrogen) atoms. The lowest BCUT2D eigenvalue weighted by atomic mass is 10.0. The summed E-state index contributed by atoms with van der Waals surface area (Å²) in [5.74, 6) is 1.83. The monoisotopic (exact) mass is 516 g/mol. The number of nitrogens with zero attached hydrogens (tertiary/aromatic N) is 3. The van der Waals surface area contributed by atoms with Gasteiger partial charge in [-0.3, -0.25) is 9.89 Å². The quantitative estimate of drug-likeness (QED) is 0.170. The number of morpholine rings is 1. The van der Waals surface area contributed by atoms with Gasteiger partial charge in [-0.1, -0.05) is 18.2 Å². The van der Waals surface area contributed by atoms with E-state index < -0.39 is 0 Å². The molecular weight excluding hydrogens is 479 g/mol. The molecule has 1 heterocycles. The normalized spacial score (nSPS) is 15.9. The third-order valence-corrected chi connectivity index (χ3v) is 5.00. The number of ether oxygens (including phenoxy) is 2. The number of allylic oxidation sites excluding steroid dienone is 1. The number of methoxy groups -OCH3 is 1. The van der Waals surface area contributed by atoms with Crippen molar-refractivity contribution < 1.29 is 9.47 Å². The molecule has 1 unspecified atom stereocenters. The molecule has 0 spiro atoms. The minimum Gasteiger partial charge on any atom is -0.497 e. The lowest BCUT2D eigenvalue weighted by Gasteiger charge is -2.34. The standard InChI is InChI=1S/C22H36N4O2.HI/c1-5-7-8-13-25(3)22(23-6-2)24-18-21(26-14-16-28-17-15-26)19-9-11-20(27-4)12-10-19;/h5,9-12,21H,1,6-8,13-18H2,2-4H3,(H,23,24);1H. The zero-order valence-electron chi connectivity index (χ0n) is 18.1. The van der Waals surface area contributed by atoms with E-state index in [0.717, 1.165) is 63.9 Å². The summed E-state index contributed by atoms with van der Waals surface area (Å²) in [6.07, 6.45) is 4.07. The first-order chi connectivity index (χ1) is 13.7. The number of guanidine groups is 1. The van der Waals surface area contributed by atoms with Gasteiger partial charge < -0.3 is 19.7 Å². The van der Waals surface area contributed by atoms with Crippen LogP contribution >= 0.6 is 24.0 Å². The zero-order valence-corrected chi connectivity index (χ0v) is 20.4. The van der Waals surface area contributed by atoms with Crippen LogP contribution in [0.5, 0.6) is 5.75 Å². The van der Waals surface area contributed by atoms with Crippen LogP contribution in [0.2, 0.25) is 0 Å². The SMILES string of the molecule is C=CCCCN(C)C(=NCC(c1ccc(OC)cc1)N1CCOCC1)NCC.I. The average Bonchev–Trinajstić information content (AvgIpc) is 2.74. The van der Waals surface area contributed by atoms with Crippen LogP contribution in [0.1, 0.15) is 31.4 Å². The minimum absolute atomic E-state index is 0. The van der Waals surface area contributed by atoms with Crippen molar-refractivity contribution in [2.24, 2.45) is 4.99 Å². The Labute approximate surface area is 193 Å². The van der Waals surface area contributed by atoms with Gasteiger partial charge in [0, 0.05) is 33.2 Å². The highest BCUT2D eigenvalue weighted by atomic mass is 127. The summed E-state index contributed by atoms with van der Waals surface area (Å²) in [5, 5.41) is 3.42. The fraction of sp³-hybridized carbons (Fsp3) is 0.591. The summed E-state index contributed by atoms with van der Waals surface area (Å²) in [5.41, 5.74) is 1.26. The number of unbranched alkanes of at least 4 members (excludes halogenated alkanes) is 1. The molecule has 7 heteroatoms. The third-order valence-electron chi connectivity index (χ3n) is 5.00. The predicted octanol–water partition coefficient (Wildman–Crippen LogP) is 3.55. The van der Waals surface area contributed by atoms with Gasteiger partial charge in [0.1, 0.15) is 5.75 Å². The number of halogens is 1. The first-order valence-electron chi connectivity index (χ1n) is 10.3. The van der Waals surface area contributed by atoms with Gasteiger partial charge in [0.05, 0.1) is 32.9 Å². The van der Waals surface area contributed by atoms with Crippen LogP contribution < -0.4 is 10.1 Å². The molecule has 0 aromatic heterocycles. The van der Waals surface area contributed by atoms with E-state index in [2.05, 4.69) is 47.8 Å². The van der Waals surface area contributed by atoms with E-state index in [1.165, 1.54) is 5.56 Å². The molecular formula is C22H37IN4O2. The van der Waals surface area contributed by atoms with E-state index >= 15 is 0 Å². The van der Waals surface area contributed by atoms with Crippen LogP contribution in [0, 0.1) is 0 Å². The van der Waals surface area contributed by atoms with E-state index in [-0.39, 0.29) is 30.0 Å². The van der Waals surface area contributed by atoms with E-state index in [4.69, 9.17) is 14.5 Å². The second kappa shape index (κ2) is 14.6. The summed E-state index contributed by atoms with van der Waals surface area (Å²) in [6, 6.07) is 8.58. The van der Waals surface area contributed by atoms with E-state index in [0.29, 0.717) is 6.54 Å². The maximum Gasteiger partial charge on any atom is 0.193 e. The minimum atomic E-state index is 0. The van der Waals surface area contributed by atoms with Gasteiger partial charge in [0.25, 0.3) is 0 Å². The Balaban J connectivity index is 0.00000420. The number of rotatable bonds is 10. The Bertz CT molecular complexity index is 603. The molecule has 1 atom stereocenters. The predicted molar refractivity (Wildman–Crippen MR) is 132 cm³/mol. The van der Waals surface area contributed by atoms with Crippen molar-refractivity contribution in [2.45, 2.75) is 25.8 Å². The van der Waals surface area contributed by atoms with Crippen molar-refractivity contribution in [2.75, 3.05) is 60.1 Å². The first-order valence-corrected chi connectivity index (χ1v) is 10.3. The third kappa shape index (κ3) is 8.52. The topological polar surface area (TPSA) is 49.3 Å². The maximum absolute atomic E-state index is 5.55. The molecule has 1 aliphatic heterocycles. The fourth-order valence-electron chi connectivity index (χ4n) is 3.37. The van der Waals surface area contributed by atoms with Crippen molar-refractivity contribution in [3.8, 4) is 5.75 Å². The van der Waals surface area contributed by atoms with Crippen LogP contribution in [-0.4, -0.2) is 75.9 Å². The van der Waals surface area contributed by atoms with Crippen molar-refractivity contribution >= 4 is 29.9 Å². The number of benzene rings is 1. The first kappa shape index (κ1) is 25.7. The Hall–Kier alpha value is -1.32. The summed E-state index contributed by atoms with van der Waals surface area (Å²) < 4.78 is 10.9. The Morgan fingerprint density at radius 3 is 2.62 bits per heavy atom. The second-order valence-electron chi connectivity index (χ2n) is 6.98. The van der Waals surface area contributed by atoms with E-state index in [1.807, 2.05) is 18.2 Å². The molecule has 1 aliphatic rings. The number of nitrogens with one attached hydrogen (secondary N) is 1. The van der Waals surface area contributed by atoms with Crippen molar-refractivity contribution in [3.63, 3.8) is 0 Å². The number of hydrogen-bond acceptors (Lipinski definition) is 4. The van der Waals surface area contributed by atoms with Gasteiger partial charge in [-0.05, 0) is 37.5 Å². The van der Waals surface area contributed by atoms with Gasteiger partial charge >= 0.3 is 0 Å². The summed E-state index contributed by atoms with van der Waals surface area (Å²) in [4.78, 5) is 9.65. The molecule has 0 aliphatic carbocycles. The summed E-state index contributed by atoms with van der Waals surface area (Å²) >= 11 is 0. The Morgan fingerprint density at radius 1 is 1.34 bits per heavy atom. The molecule has 164 valence electrons. The van der Waals surface area contributed by atoms with Crippen molar-refractivity contribution in [1.82, 2.24) is 15.1 Å². The molecule has 6 nitrogen and oxygen atoms in total. The summed E-state index contributed by atoms with van der Waals surface area (Å²) in [7, 11) is 3.80. The lowest BCUT2D eigenvalue weighted by Crippen LogP contribution is -2.42. The van der Waals surface area contributed by atoms with Gasteiger partial charge in [0.15, 0.2) is 5.96 Å². The lowest BCUT2D eigenvalue weighted by molar-refractivity contribution is 0.0179. The van der Waals surface area contributed by atoms with Crippen molar-refractivity contribution in [1.29, 1.82) is 0 Å². The molecule has 0 saturated carbocycles. The van der Waals surface area contributed by atoms with E-state index in [1.54, 1.807) is 7.11 Å². The van der Waals surface area contributed by atoms with Gasteiger partial charge in [-0.15, -0.1) is 30.6 Å². The average molecular weight is 516 g/mol. The molecule has 1 aromatic rings. The Kier molecular flexibility index (Phi) is 13.0. The highest BCUT2D eigenvalue weighted by molar-refractivity contribution is 14.0. The smallest absolute Gasteiger partial charge is 0.193 e. The van der Waals surface area contributed by atoms with Crippen LogP contribution in [0.4, 0.5) is 0 Å². The molecule has 1 fully saturated rings.